The Hall–Kier alpha value is -1.36. The van der Waals surface area contributed by atoms with Crippen LogP contribution in [0.4, 0.5) is 0 Å². The fraction of sp³-hybridized carbons (Fsp3) is 0.500. The highest BCUT2D eigenvalue weighted by Crippen LogP contribution is 2.19. The van der Waals surface area contributed by atoms with Crippen LogP contribution in [0, 0.1) is 0 Å². The van der Waals surface area contributed by atoms with E-state index in [0.717, 1.165) is 17.8 Å². The van der Waals surface area contributed by atoms with Gasteiger partial charge in [0.15, 0.2) is 5.79 Å². The lowest BCUT2D eigenvalue weighted by Gasteiger charge is -2.10. The third-order valence-corrected chi connectivity index (χ3v) is 2.24. The zero-order valence-corrected chi connectivity index (χ0v) is 12.6. The molecule has 0 aromatic rings. The minimum Gasteiger partial charge on any atom is -0.496 e. The topological polar surface area (TPSA) is 58.9 Å². The van der Waals surface area contributed by atoms with Crippen molar-refractivity contribution in [3.05, 3.63) is 48.8 Å². The van der Waals surface area contributed by atoms with Gasteiger partial charge in [0.1, 0.15) is 11.9 Å². The summed E-state index contributed by atoms with van der Waals surface area (Å²) in [5.74, 6) is -0.760. The van der Waals surface area contributed by atoms with Crippen LogP contribution < -0.4 is 0 Å². The third-order valence-electron chi connectivity index (χ3n) is 2.24. The van der Waals surface area contributed by atoms with E-state index >= 15 is 0 Å². The van der Waals surface area contributed by atoms with E-state index in [4.69, 9.17) is 19.7 Å². The fourth-order valence-electron chi connectivity index (χ4n) is 1.32. The summed E-state index contributed by atoms with van der Waals surface area (Å²) in [4.78, 5) is 0. The second-order valence-electron chi connectivity index (χ2n) is 4.87. The maximum Gasteiger partial charge on any atom is 0.156 e. The molecule has 0 amide bonds. The van der Waals surface area contributed by atoms with Crippen molar-refractivity contribution in [2.45, 2.75) is 39.1 Å². The molecule has 0 radical (unpaired) electrons. The molecule has 1 aliphatic heterocycles. The molecule has 114 valence electrons. The predicted octanol–water partition coefficient (Wildman–Crippen LogP) is 2.70. The molecule has 4 nitrogen and oxygen atoms in total. The Kier molecular flexibility index (Phi) is 8.88. The monoisotopic (exact) mass is 282 g/mol. The average Bonchev–Trinajstić information content (AvgIpc) is 2.73. The van der Waals surface area contributed by atoms with E-state index in [2.05, 4.69) is 13.2 Å². The third kappa shape index (κ3) is 10.6. The standard InChI is InChI=1S/C13H18O2.C3H8O2/c1-4-6-7-12(5-2)10-15-13-8-9-14-11(13)3;1-3(2,4)5/h4-7,13H,2-3,8-10H2,1H3;4-5H,1-2H3/b6-4-,12-7+;. The van der Waals surface area contributed by atoms with Crippen LogP contribution in [0.2, 0.25) is 0 Å². The van der Waals surface area contributed by atoms with Gasteiger partial charge in [0.25, 0.3) is 0 Å². The van der Waals surface area contributed by atoms with Crippen molar-refractivity contribution in [1.29, 1.82) is 0 Å². The predicted molar refractivity (Wildman–Crippen MR) is 81.1 cm³/mol. The SMILES string of the molecule is C=C/C(=C\C=C/C)COC1CCOC1=C.CC(C)(O)O. The van der Waals surface area contributed by atoms with Crippen molar-refractivity contribution in [2.75, 3.05) is 13.2 Å². The number of ether oxygens (including phenoxy) is 2. The molecule has 1 fully saturated rings. The molecule has 0 saturated carbocycles. The maximum atomic E-state index is 8.08. The Morgan fingerprint density at radius 2 is 2.10 bits per heavy atom. The van der Waals surface area contributed by atoms with Crippen LogP contribution in [0.15, 0.2) is 48.8 Å². The summed E-state index contributed by atoms with van der Waals surface area (Å²) >= 11 is 0. The lowest BCUT2D eigenvalue weighted by Crippen LogP contribution is -2.15. The number of rotatable bonds is 5. The zero-order chi connectivity index (χ0) is 15.6. The number of hydrogen-bond acceptors (Lipinski definition) is 4. The smallest absolute Gasteiger partial charge is 0.156 e. The summed E-state index contributed by atoms with van der Waals surface area (Å²) in [7, 11) is 0. The second-order valence-corrected chi connectivity index (χ2v) is 4.87. The first-order valence-corrected chi connectivity index (χ1v) is 6.60. The highest BCUT2D eigenvalue weighted by molar-refractivity contribution is 5.22. The van der Waals surface area contributed by atoms with E-state index < -0.39 is 5.79 Å². The van der Waals surface area contributed by atoms with E-state index in [1.165, 1.54) is 13.8 Å². The van der Waals surface area contributed by atoms with Crippen molar-refractivity contribution >= 4 is 0 Å². The largest absolute Gasteiger partial charge is 0.496 e. The van der Waals surface area contributed by atoms with Gasteiger partial charge in [0, 0.05) is 6.42 Å². The van der Waals surface area contributed by atoms with Gasteiger partial charge in [-0.2, -0.15) is 0 Å². The van der Waals surface area contributed by atoms with Crippen LogP contribution in [0.1, 0.15) is 27.2 Å². The Morgan fingerprint density at radius 1 is 1.50 bits per heavy atom. The van der Waals surface area contributed by atoms with Crippen molar-refractivity contribution in [1.82, 2.24) is 0 Å². The molecule has 1 atom stereocenters. The molecule has 0 bridgehead atoms. The quantitative estimate of drug-likeness (QED) is 0.601. The molecule has 0 aromatic carbocycles. The Morgan fingerprint density at radius 3 is 2.50 bits per heavy atom. The van der Waals surface area contributed by atoms with Gasteiger partial charge < -0.3 is 19.7 Å². The summed E-state index contributed by atoms with van der Waals surface area (Å²) in [5.41, 5.74) is 1.06. The van der Waals surface area contributed by atoms with Crippen LogP contribution in [-0.4, -0.2) is 35.3 Å². The summed E-state index contributed by atoms with van der Waals surface area (Å²) < 4.78 is 10.9. The molecular weight excluding hydrogens is 256 g/mol. The van der Waals surface area contributed by atoms with Gasteiger partial charge in [0.05, 0.1) is 13.2 Å². The Bertz CT molecular complexity index is 355. The average molecular weight is 282 g/mol. The van der Waals surface area contributed by atoms with Crippen LogP contribution >= 0.6 is 0 Å². The van der Waals surface area contributed by atoms with Crippen LogP contribution in [0.5, 0.6) is 0 Å². The van der Waals surface area contributed by atoms with Gasteiger partial charge in [-0.05, 0) is 26.3 Å². The molecule has 0 aromatic heterocycles. The molecule has 1 rings (SSSR count). The van der Waals surface area contributed by atoms with Gasteiger partial charge in [-0.25, -0.2) is 0 Å². The van der Waals surface area contributed by atoms with Crippen LogP contribution in [0.3, 0.4) is 0 Å². The fourth-order valence-corrected chi connectivity index (χ4v) is 1.32. The molecule has 0 aliphatic carbocycles. The molecule has 1 unspecified atom stereocenters. The highest BCUT2D eigenvalue weighted by atomic mass is 16.5. The van der Waals surface area contributed by atoms with Gasteiger partial charge in [-0.1, -0.05) is 37.5 Å². The summed E-state index contributed by atoms with van der Waals surface area (Å²) in [6, 6.07) is 0. The van der Waals surface area contributed by atoms with Crippen molar-refractivity contribution in [3.63, 3.8) is 0 Å². The molecule has 1 heterocycles. The molecule has 2 N–H and O–H groups in total. The highest BCUT2D eigenvalue weighted by Gasteiger charge is 2.21. The normalized spacial score (nSPS) is 19.6. The molecular formula is C16H26O4. The van der Waals surface area contributed by atoms with Gasteiger partial charge >= 0.3 is 0 Å². The minimum absolute atomic E-state index is 0.0407. The van der Waals surface area contributed by atoms with Crippen molar-refractivity contribution in [3.8, 4) is 0 Å². The van der Waals surface area contributed by atoms with E-state index in [0.29, 0.717) is 13.2 Å². The summed E-state index contributed by atoms with van der Waals surface area (Å²) in [6.45, 7) is 13.4. The van der Waals surface area contributed by atoms with E-state index in [1.54, 1.807) is 6.08 Å². The minimum atomic E-state index is -1.50. The Balaban J connectivity index is 0.000000621. The van der Waals surface area contributed by atoms with Crippen molar-refractivity contribution in [2.24, 2.45) is 0 Å². The van der Waals surface area contributed by atoms with Gasteiger partial charge in [0.2, 0.25) is 0 Å². The lowest BCUT2D eigenvalue weighted by atomic mass is 10.2. The summed E-state index contributed by atoms with van der Waals surface area (Å²) in [6.07, 6.45) is 8.68. The number of hydrogen-bond donors (Lipinski definition) is 2. The lowest BCUT2D eigenvalue weighted by molar-refractivity contribution is -0.127. The first-order valence-electron chi connectivity index (χ1n) is 6.60. The Labute approximate surface area is 121 Å². The second kappa shape index (κ2) is 9.53. The first kappa shape index (κ1) is 18.6. The molecule has 0 spiro atoms. The van der Waals surface area contributed by atoms with E-state index in [-0.39, 0.29) is 6.10 Å². The molecule has 1 saturated heterocycles. The van der Waals surface area contributed by atoms with Gasteiger partial charge in [-0.3, -0.25) is 0 Å². The number of aliphatic hydroxyl groups is 2. The van der Waals surface area contributed by atoms with E-state index in [9.17, 15) is 0 Å². The first-order chi connectivity index (χ1) is 9.27. The van der Waals surface area contributed by atoms with Crippen LogP contribution in [0.25, 0.3) is 0 Å². The van der Waals surface area contributed by atoms with Gasteiger partial charge in [-0.15, -0.1) is 0 Å². The molecule has 4 heteroatoms. The van der Waals surface area contributed by atoms with E-state index in [1.807, 2.05) is 25.2 Å². The number of allylic oxidation sites excluding steroid dienone is 3. The zero-order valence-electron chi connectivity index (χ0n) is 12.6. The van der Waals surface area contributed by atoms with Crippen LogP contribution in [-0.2, 0) is 9.47 Å². The molecule has 20 heavy (non-hydrogen) atoms. The maximum absolute atomic E-state index is 8.08. The summed E-state index contributed by atoms with van der Waals surface area (Å²) in [5, 5.41) is 16.2. The van der Waals surface area contributed by atoms with Crippen molar-refractivity contribution < 1.29 is 19.7 Å². The molecule has 1 aliphatic rings.